The van der Waals surface area contributed by atoms with Gasteiger partial charge in [-0.2, -0.15) is 0 Å². The lowest BCUT2D eigenvalue weighted by molar-refractivity contribution is 0.808. The molecule has 0 aliphatic heterocycles. The van der Waals surface area contributed by atoms with Gasteiger partial charge in [0.1, 0.15) is 5.82 Å². The van der Waals surface area contributed by atoms with E-state index in [0.717, 1.165) is 34.5 Å². The molecule has 0 fully saturated rings. The smallest absolute Gasteiger partial charge is 0.147 e. The molecule has 0 aliphatic rings. The molecule has 1 heterocycles. The molecule has 2 rings (SSSR count). The summed E-state index contributed by atoms with van der Waals surface area (Å²) in [5.74, 6) is 0.939. The molecular weight excluding hydrogens is 314 g/mol. The van der Waals surface area contributed by atoms with E-state index in [9.17, 15) is 0 Å². The molecule has 2 aromatic rings. The second-order valence-corrected chi connectivity index (χ2v) is 5.81. The van der Waals surface area contributed by atoms with E-state index >= 15 is 0 Å². The van der Waals surface area contributed by atoms with Crippen molar-refractivity contribution in [3.63, 3.8) is 0 Å². The molecule has 0 bridgehead atoms. The predicted molar refractivity (Wildman–Crippen MR) is 88.5 cm³/mol. The molecule has 0 radical (unpaired) electrons. The number of benzene rings is 1. The van der Waals surface area contributed by atoms with Crippen LogP contribution >= 0.6 is 15.9 Å². The number of pyridine rings is 1. The Kier molecular flexibility index (Phi) is 5.15. The summed E-state index contributed by atoms with van der Waals surface area (Å²) in [6.45, 7) is 5.67. The van der Waals surface area contributed by atoms with Gasteiger partial charge < -0.3 is 10.6 Å². The largest absolute Gasteiger partial charge is 0.330 e. The van der Waals surface area contributed by atoms with Crippen molar-refractivity contribution in [3.8, 4) is 0 Å². The Morgan fingerprint density at radius 2 is 2.00 bits per heavy atom. The molecule has 1 aromatic heterocycles. The highest BCUT2D eigenvalue weighted by atomic mass is 79.9. The van der Waals surface area contributed by atoms with Crippen molar-refractivity contribution in [2.75, 3.05) is 18.0 Å². The van der Waals surface area contributed by atoms with E-state index in [2.05, 4.69) is 63.1 Å². The summed E-state index contributed by atoms with van der Waals surface area (Å²) in [5, 5.41) is 0. The number of hydrogen-bond donors (Lipinski definition) is 1. The maximum atomic E-state index is 5.67. The first-order valence-electron chi connectivity index (χ1n) is 6.78. The van der Waals surface area contributed by atoms with Crippen molar-refractivity contribution < 1.29 is 0 Å². The minimum atomic E-state index is 0.672. The van der Waals surface area contributed by atoms with Gasteiger partial charge >= 0.3 is 0 Å². The summed E-state index contributed by atoms with van der Waals surface area (Å²) in [4.78, 5) is 6.79. The van der Waals surface area contributed by atoms with Crippen LogP contribution in [0.1, 0.15) is 17.5 Å². The SMILES string of the molecule is Cc1cccc(N(CCCN)c2ncc(C)cc2Br)c1. The Balaban J connectivity index is 2.41. The van der Waals surface area contributed by atoms with Gasteiger partial charge in [-0.05, 0) is 72.1 Å². The third-order valence-corrected chi connectivity index (χ3v) is 3.70. The second-order valence-electron chi connectivity index (χ2n) is 4.95. The highest BCUT2D eigenvalue weighted by Gasteiger charge is 2.13. The van der Waals surface area contributed by atoms with Crippen molar-refractivity contribution in [2.45, 2.75) is 20.3 Å². The molecule has 20 heavy (non-hydrogen) atoms. The summed E-state index contributed by atoms with van der Waals surface area (Å²) in [7, 11) is 0. The third kappa shape index (κ3) is 3.58. The topological polar surface area (TPSA) is 42.1 Å². The van der Waals surface area contributed by atoms with E-state index in [-0.39, 0.29) is 0 Å². The first kappa shape index (κ1) is 15.0. The highest BCUT2D eigenvalue weighted by Crippen LogP contribution is 2.31. The number of anilines is 2. The summed E-state index contributed by atoms with van der Waals surface area (Å²) in [6.07, 6.45) is 2.82. The van der Waals surface area contributed by atoms with Gasteiger partial charge in [0.25, 0.3) is 0 Å². The molecule has 0 saturated heterocycles. The molecule has 3 nitrogen and oxygen atoms in total. The zero-order valence-corrected chi connectivity index (χ0v) is 13.5. The van der Waals surface area contributed by atoms with Crippen LogP contribution in [0.4, 0.5) is 11.5 Å². The fourth-order valence-electron chi connectivity index (χ4n) is 2.13. The van der Waals surface area contributed by atoms with Crippen molar-refractivity contribution in [1.29, 1.82) is 0 Å². The highest BCUT2D eigenvalue weighted by molar-refractivity contribution is 9.10. The van der Waals surface area contributed by atoms with Gasteiger partial charge in [-0.1, -0.05) is 12.1 Å². The van der Waals surface area contributed by atoms with E-state index in [4.69, 9.17) is 5.73 Å². The van der Waals surface area contributed by atoms with Gasteiger partial charge in [0.2, 0.25) is 0 Å². The predicted octanol–water partition coefficient (Wildman–Crippen LogP) is 3.95. The normalized spacial score (nSPS) is 10.6. The summed E-state index contributed by atoms with van der Waals surface area (Å²) < 4.78 is 1.01. The van der Waals surface area contributed by atoms with Gasteiger partial charge in [-0.25, -0.2) is 4.98 Å². The standard InChI is InChI=1S/C16H20BrN3/c1-12-5-3-6-14(9-12)20(8-4-7-18)16-15(17)10-13(2)11-19-16/h3,5-6,9-11H,4,7-8,18H2,1-2H3. The van der Waals surface area contributed by atoms with Gasteiger partial charge in [-0.15, -0.1) is 0 Å². The summed E-state index contributed by atoms with van der Waals surface area (Å²) in [6, 6.07) is 10.5. The Hall–Kier alpha value is -1.39. The maximum absolute atomic E-state index is 5.67. The van der Waals surface area contributed by atoms with Crippen molar-refractivity contribution >= 4 is 27.4 Å². The Bertz CT molecular complexity index is 584. The van der Waals surface area contributed by atoms with E-state index < -0.39 is 0 Å². The zero-order valence-electron chi connectivity index (χ0n) is 11.9. The first-order chi connectivity index (χ1) is 9.61. The van der Waals surface area contributed by atoms with Crippen LogP contribution in [0, 0.1) is 13.8 Å². The minimum Gasteiger partial charge on any atom is -0.330 e. The minimum absolute atomic E-state index is 0.672. The van der Waals surface area contributed by atoms with Crippen LogP contribution in [0.15, 0.2) is 41.0 Å². The number of nitrogens with zero attached hydrogens (tertiary/aromatic N) is 2. The average molecular weight is 334 g/mol. The molecule has 0 atom stereocenters. The van der Waals surface area contributed by atoms with Crippen LogP contribution < -0.4 is 10.6 Å². The van der Waals surface area contributed by atoms with Crippen LogP contribution in [-0.4, -0.2) is 18.1 Å². The molecule has 0 unspecified atom stereocenters. The molecule has 2 N–H and O–H groups in total. The number of nitrogens with two attached hydrogens (primary N) is 1. The van der Waals surface area contributed by atoms with Crippen molar-refractivity contribution in [2.24, 2.45) is 5.73 Å². The number of rotatable bonds is 5. The van der Waals surface area contributed by atoms with Crippen LogP contribution in [0.5, 0.6) is 0 Å². The van der Waals surface area contributed by atoms with Crippen LogP contribution in [0.3, 0.4) is 0 Å². The van der Waals surface area contributed by atoms with E-state index in [1.807, 2.05) is 13.1 Å². The van der Waals surface area contributed by atoms with Crippen LogP contribution in [0.25, 0.3) is 0 Å². The summed E-state index contributed by atoms with van der Waals surface area (Å²) >= 11 is 3.62. The molecular formula is C16H20BrN3. The molecule has 106 valence electrons. The number of aryl methyl sites for hydroxylation is 2. The molecule has 0 saturated carbocycles. The Morgan fingerprint density at radius 1 is 1.20 bits per heavy atom. The van der Waals surface area contributed by atoms with E-state index in [1.54, 1.807) is 0 Å². The summed E-state index contributed by atoms with van der Waals surface area (Å²) in [5.41, 5.74) is 9.20. The number of hydrogen-bond acceptors (Lipinski definition) is 3. The molecule has 0 spiro atoms. The van der Waals surface area contributed by atoms with Gasteiger partial charge in [-0.3, -0.25) is 0 Å². The molecule has 1 aromatic carbocycles. The fraction of sp³-hybridized carbons (Fsp3) is 0.312. The second kappa shape index (κ2) is 6.86. The fourth-order valence-corrected chi connectivity index (χ4v) is 2.81. The zero-order chi connectivity index (χ0) is 14.5. The van der Waals surface area contributed by atoms with E-state index in [0.29, 0.717) is 6.54 Å². The van der Waals surface area contributed by atoms with Crippen LogP contribution in [-0.2, 0) is 0 Å². The lowest BCUT2D eigenvalue weighted by Crippen LogP contribution is -2.22. The third-order valence-electron chi connectivity index (χ3n) is 3.11. The van der Waals surface area contributed by atoms with Gasteiger partial charge in [0, 0.05) is 18.4 Å². The van der Waals surface area contributed by atoms with Crippen molar-refractivity contribution in [1.82, 2.24) is 4.98 Å². The monoisotopic (exact) mass is 333 g/mol. The Morgan fingerprint density at radius 3 is 2.65 bits per heavy atom. The van der Waals surface area contributed by atoms with E-state index in [1.165, 1.54) is 5.56 Å². The van der Waals surface area contributed by atoms with Crippen molar-refractivity contribution in [3.05, 3.63) is 52.1 Å². The molecule has 4 heteroatoms. The molecule has 0 amide bonds. The average Bonchev–Trinajstić information content (AvgIpc) is 2.41. The lowest BCUT2D eigenvalue weighted by Gasteiger charge is -2.25. The maximum Gasteiger partial charge on any atom is 0.147 e. The lowest BCUT2D eigenvalue weighted by atomic mass is 10.2. The molecule has 0 aliphatic carbocycles. The van der Waals surface area contributed by atoms with Gasteiger partial charge in [0.05, 0.1) is 4.47 Å². The first-order valence-corrected chi connectivity index (χ1v) is 7.57. The van der Waals surface area contributed by atoms with Crippen LogP contribution in [0.2, 0.25) is 0 Å². The number of aromatic nitrogens is 1. The van der Waals surface area contributed by atoms with Gasteiger partial charge in [0.15, 0.2) is 0 Å². The Labute approximate surface area is 129 Å². The quantitative estimate of drug-likeness (QED) is 0.900. The number of halogens is 1.